The van der Waals surface area contributed by atoms with Crippen molar-refractivity contribution < 1.29 is 9.22 Å². The van der Waals surface area contributed by atoms with Gasteiger partial charge in [-0.15, -0.1) is 0 Å². The van der Waals surface area contributed by atoms with E-state index in [1.807, 2.05) is 6.07 Å². The van der Waals surface area contributed by atoms with Crippen LogP contribution in [0.25, 0.3) is 0 Å². The first kappa shape index (κ1) is 20.2. The van der Waals surface area contributed by atoms with Crippen molar-refractivity contribution in [2.75, 3.05) is 12.3 Å². The lowest BCUT2D eigenvalue weighted by atomic mass is 9.55. The molecule has 2 N–H and O–H groups in total. The molecule has 3 nitrogen and oxygen atoms in total. The van der Waals surface area contributed by atoms with E-state index < -0.39 is 8.32 Å². The third kappa shape index (κ3) is 3.08. The van der Waals surface area contributed by atoms with Crippen molar-refractivity contribution in [3.8, 4) is 0 Å². The fourth-order valence-corrected chi connectivity index (χ4v) is 7.01. The van der Waals surface area contributed by atoms with Gasteiger partial charge >= 0.3 is 0 Å². The van der Waals surface area contributed by atoms with E-state index >= 15 is 0 Å². The van der Waals surface area contributed by atoms with Gasteiger partial charge in [0.15, 0.2) is 8.32 Å². The molecule has 0 saturated heterocycles. The van der Waals surface area contributed by atoms with Crippen molar-refractivity contribution in [1.29, 1.82) is 0 Å². The van der Waals surface area contributed by atoms with E-state index in [0.717, 1.165) is 37.8 Å². The summed E-state index contributed by atoms with van der Waals surface area (Å²) in [4.78, 5) is 13.2. The molecule has 3 aliphatic rings. The van der Waals surface area contributed by atoms with Gasteiger partial charge in [-0.25, -0.2) is 0 Å². The zero-order chi connectivity index (χ0) is 20.3. The van der Waals surface area contributed by atoms with E-state index in [-0.39, 0.29) is 10.5 Å². The molecular formula is C24H37NO2Si. The van der Waals surface area contributed by atoms with Gasteiger partial charge in [0.2, 0.25) is 0 Å². The molecule has 1 aromatic rings. The number of fused-ring (bicyclic) bond motifs is 5. The van der Waals surface area contributed by atoms with Crippen LogP contribution in [0.1, 0.15) is 69.9 Å². The third-order valence-electron chi connectivity index (χ3n) is 8.70. The van der Waals surface area contributed by atoms with Gasteiger partial charge in [-0.1, -0.05) is 26.8 Å². The molecule has 0 aliphatic heterocycles. The second-order valence-electron chi connectivity index (χ2n) is 11.1. The highest BCUT2D eigenvalue weighted by molar-refractivity contribution is 6.74. The Morgan fingerprint density at radius 1 is 1.18 bits per heavy atom. The lowest BCUT2D eigenvalue weighted by Gasteiger charge is -2.50. The number of Topliss-reactive ketones (excluding diaryl/α,β-unsaturated/α-hetero) is 1. The maximum Gasteiger partial charge on any atom is 0.192 e. The van der Waals surface area contributed by atoms with Crippen LogP contribution in [0.15, 0.2) is 18.2 Å². The second kappa shape index (κ2) is 6.70. The predicted octanol–water partition coefficient (Wildman–Crippen LogP) is 5.70. The molecule has 0 spiro atoms. The van der Waals surface area contributed by atoms with Crippen molar-refractivity contribution in [2.24, 2.45) is 17.3 Å². The highest BCUT2D eigenvalue weighted by atomic mass is 28.4. The molecule has 4 heteroatoms. The SMILES string of the molecule is CC(C)(C)[Si](C)(C)OC[C@]12CC[C@@H]3c4cc(N)ccc4CC[C@H]3[C@@H]1CCC2=O. The smallest absolute Gasteiger partial charge is 0.192 e. The molecule has 2 fully saturated rings. The number of hydrogen-bond donors (Lipinski definition) is 1. The van der Waals surface area contributed by atoms with Gasteiger partial charge in [0.1, 0.15) is 5.78 Å². The number of hydrogen-bond acceptors (Lipinski definition) is 3. The third-order valence-corrected chi connectivity index (χ3v) is 13.2. The average molecular weight is 400 g/mol. The van der Waals surface area contributed by atoms with Crippen LogP contribution < -0.4 is 5.73 Å². The van der Waals surface area contributed by atoms with Crippen molar-refractivity contribution in [3.63, 3.8) is 0 Å². The monoisotopic (exact) mass is 399 g/mol. The molecule has 0 amide bonds. The number of anilines is 1. The van der Waals surface area contributed by atoms with Crippen LogP contribution in [0.4, 0.5) is 5.69 Å². The lowest BCUT2D eigenvalue weighted by molar-refractivity contribution is -0.133. The molecule has 4 rings (SSSR count). The summed E-state index contributed by atoms with van der Waals surface area (Å²) in [5, 5.41) is 0.180. The van der Waals surface area contributed by atoms with Crippen LogP contribution >= 0.6 is 0 Å². The van der Waals surface area contributed by atoms with Gasteiger partial charge in [-0.2, -0.15) is 0 Å². The average Bonchev–Trinajstić information content (AvgIpc) is 2.96. The van der Waals surface area contributed by atoms with Gasteiger partial charge in [0, 0.05) is 18.7 Å². The number of nitrogens with two attached hydrogens (primary N) is 1. The molecule has 4 atom stereocenters. The Balaban J connectivity index is 1.61. The highest BCUT2D eigenvalue weighted by Crippen LogP contribution is 2.60. The molecule has 154 valence electrons. The number of nitrogen functional groups attached to an aromatic ring is 1. The normalized spacial score (nSPS) is 32.6. The van der Waals surface area contributed by atoms with Crippen molar-refractivity contribution in [2.45, 2.75) is 83.3 Å². The topological polar surface area (TPSA) is 52.3 Å². The molecule has 0 radical (unpaired) electrons. The van der Waals surface area contributed by atoms with Crippen LogP contribution in [-0.4, -0.2) is 20.7 Å². The van der Waals surface area contributed by atoms with E-state index in [0.29, 0.717) is 30.1 Å². The van der Waals surface area contributed by atoms with E-state index in [4.69, 9.17) is 10.2 Å². The van der Waals surface area contributed by atoms with Gasteiger partial charge in [0.05, 0.1) is 5.41 Å². The van der Waals surface area contributed by atoms with Crippen molar-refractivity contribution in [1.82, 2.24) is 0 Å². The van der Waals surface area contributed by atoms with Gasteiger partial charge in [0.25, 0.3) is 0 Å². The number of rotatable bonds is 3. The summed E-state index contributed by atoms with van der Waals surface area (Å²) in [7, 11) is -1.86. The Morgan fingerprint density at radius 3 is 2.64 bits per heavy atom. The van der Waals surface area contributed by atoms with Gasteiger partial charge in [-0.05, 0) is 91.2 Å². The molecule has 2 saturated carbocycles. The molecule has 1 aromatic carbocycles. The van der Waals surface area contributed by atoms with Crippen LogP contribution in [0, 0.1) is 17.3 Å². The fraction of sp³-hybridized carbons (Fsp3) is 0.708. The van der Waals surface area contributed by atoms with Gasteiger partial charge < -0.3 is 10.2 Å². The first-order chi connectivity index (χ1) is 13.1. The maximum atomic E-state index is 13.2. The zero-order valence-electron chi connectivity index (χ0n) is 18.3. The lowest BCUT2D eigenvalue weighted by Crippen LogP contribution is -2.51. The fourth-order valence-electron chi connectivity index (χ4n) is 5.96. The van der Waals surface area contributed by atoms with Crippen molar-refractivity contribution in [3.05, 3.63) is 29.3 Å². The Bertz CT molecular complexity index is 781. The summed E-state index contributed by atoms with van der Waals surface area (Å²) < 4.78 is 6.67. The minimum absolute atomic E-state index is 0.180. The maximum absolute atomic E-state index is 13.2. The summed E-state index contributed by atoms with van der Waals surface area (Å²) in [5.74, 6) is 2.15. The number of carbonyl (C=O) groups is 1. The molecular weight excluding hydrogens is 362 g/mol. The first-order valence-corrected chi connectivity index (χ1v) is 14.0. The van der Waals surface area contributed by atoms with Crippen LogP contribution in [-0.2, 0) is 15.6 Å². The molecule has 0 unspecified atom stereocenters. The number of aryl methyl sites for hydroxylation is 1. The van der Waals surface area contributed by atoms with Crippen LogP contribution in [0.2, 0.25) is 18.1 Å². The molecule has 0 bridgehead atoms. The number of carbonyl (C=O) groups excluding carboxylic acids is 1. The quantitative estimate of drug-likeness (QED) is 0.524. The van der Waals surface area contributed by atoms with E-state index in [1.54, 1.807) is 0 Å². The Labute approximate surface area is 171 Å². The molecule has 0 heterocycles. The standard InChI is InChI=1S/C24H37NO2Si/c1-23(2,3)28(4,5)27-15-24-13-12-18-19(21(24)10-11-22(24)26)9-7-16-6-8-17(25)14-20(16)18/h6,8,14,18-19,21H,7,9-13,15,25H2,1-5H3/t18-,19+,21-,24+/m0/s1. The minimum Gasteiger partial charge on any atom is -0.416 e. The summed E-state index contributed by atoms with van der Waals surface area (Å²) >= 11 is 0. The Kier molecular flexibility index (Phi) is 4.82. The summed E-state index contributed by atoms with van der Waals surface area (Å²) in [6.07, 6.45) is 6.23. The Hall–Kier alpha value is -1.13. The van der Waals surface area contributed by atoms with E-state index in [1.165, 1.54) is 17.5 Å². The number of ketones is 1. The minimum atomic E-state index is -1.86. The van der Waals surface area contributed by atoms with Crippen molar-refractivity contribution >= 4 is 19.8 Å². The summed E-state index contributed by atoms with van der Waals surface area (Å²) in [6, 6.07) is 6.48. The highest BCUT2D eigenvalue weighted by Gasteiger charge is 2.58. The van der Waals surface area contributed by atoms with Crippen LogP contribution in [0.5, 0.6) is 0 Å². The number of benzene rings is 1. The largest absolute Gasteiger partial charge is 0.416 e. The van der Waals surface area contributed by atoms with E-state index in [2.05, 4.69) is 46.0 Å². The Morgan fingerprint density at radius 2 is 1.93 bits per heavy atom. The van der Waals surface area contributed by atoms with Gasteiger partial charge in [-0.3, -0.25) is 4.79 Å². The second-order valence-corrected chi connectivity index (χ2v) is 15.9. The zero-order valence-corrected chi connectivity index (χ0v) is 19.3. The molecule has 0 aromatic heterocycles. The predicted molar refractivity (Wildman–Crippen MR) is 118 cm³/mol. The molecule has 28 heavy (non-hydrogen) atoms. The molecule has 3 aliphatic carbocycles. The summed E-state index contributed by atoms with van der Waals surface area (Å²) in [5.41, 5.74) is 9.72. The van der Waals surface area contributed by atoms with Crippen LogP contribution in [0.3, 0.4) is 0 Å². The van der Waals surface area contributed by atoms with E-state index in [9.17, 15) is 4.79 Å². The summed E-state index contributed by atoms with van der Waals surface area (Å²) in [6.45, 7) is 12.1. The first-order valence-electron chi connectivity index (χ1n) is 11.1.